The molecule has 4 aromatic rings. The molecule has 1 saturated heterocycles. The van der Waals surface area contributed by atoms with Crippen LogP contribution in [0.15, 0.2) is 108 Å². The number of carbonyl (C=O) groups excluding carboxylic acids is 1. The summed E-state index contributed by atoms with van der Waals surface area (Å²) in [5.74, 6) is 0.0452. The minimum atomic E-state index is -0.772. The minimum Gasteiger partial charge on any atom is -0.481 e. The maximum Gasteiger partial charge on any atom is 0.303 e. The van der Waals surface area contributed by atoms with Crippen LogP contribution in [0.2, 0.25) is 0 Å². The number of amides is 1. The van der Waals surface area contributed by atoms with Crippen molar-refractivity contribution in [1.29, 1.82) is 0 Å². The second-order valence-electron chi connectivity index (χ2n) is 11.9. The Morgan fingerprint density at radius 1 is 0.745 bits per heavy atom. The van der Waals surface area contributed by atoms with Crippen LogP contribution >= 0.6 is 11.8 Å². The van der Waals surface area contributed by atoms with E-state index in [-0.39, 0.29) is 31.1 Å². The molecule has 1 aliphatic rings. The van der Waals surface area contributed by atoms with Crippen molar-refractivity contribution >= 4 is 23.6 Å². The fourth-order valence-corrected chi connectivity index (χ4v) is 6.57. The maximum atomic E-state index is 12.3. The van der Waals surface area contributed by atoms with Gasteiger partial charge in [0.2, 0.25) is 5.91 Å². The summed E-state index contributed by atoms with van der Waals surface area (Å²) in [4.78, 5) is 24.2. The van der Waals surface area contributed by atoms with Crippen LogP contribution in [0.1, 0.15) is 79.6 Å². The van der Waals surface area contributed by atoms with Crippen molar-refractivity contribution in [3.8, 4) is 11.1 Å². The Hall–Kier alpha value is -3.95. The highest BCUT2D eigenvalue weighted by Crippen LogP contribution is 2.40. The number of benzene rings is 4. The lowest BCUT2D eigenvalue weighted by Crippen LogP contribution is -2.31. The average molecular weight is 654 g/mol. The summed E-state index contributed by atoms with van der Waals surface area (Å²) in [5.41, 5.74) is 6.04. The number of carbonyl (C=O) groups is 2. The Balaban J connectivity index is 1.19. The molecule has 47 heavy (non-hydrogen) atoms. The third-order valence-electron chi connectivity index (χ3n) is 8.27. The first-order valence-corrected chi connectivity index (χ1v) is 17.3. The van der Waals surface area contributed by atoms with Gasteiger partial charge < -0.3 is 25.0 Å². The van der Waals surface area contributed by atoms with Crippen molar-refractivity contribution in [2.24, 2.45) is 0 Å². The van der Waals surface area contributed by atoms with Gasteiger partial charge in [-0.1, -0.05) is 97.8 Å². The smallest absolute Gasteiger partial charge is 0.303 e. The van der Waals surface area contributed by atoms with Gasteiger partial charge in [-0.2, -0.15) is 0 Å². The van der Waals surface area contributed by atoms with Gasteiger partial charge in [-0.05, 0) is 58.9 Å². The molecule has 0 spiro atoms. The highest BCUT2D eigenvalue weighted by Gasteiger charge is 2.32. The van der Waals surface area contributed by atoms with E-state index < -0.39 is 12.3 Å². The first-order chi connectivity index (χ1) is 23.0. The molecule has 5 rings (SSSR count). The highest BCUT2D eigenvalue weighted by molar-refractivity contribution is 7.99. The largest absolute Gasteiger partial charge is 0.481 e. The van der Waals surface area contributed by atoms with Crippen molar-refractivity contribution in [2.45, 2.75) is 81.5 Å². The number of aliphatic carboxylic acids is 1. The van der Waals surface area contributed by atoms with Crippen LogP contribution in [-0.2, 0) is 32.2 Å². The van der Waals surface area contributed by atoms with Crippen molar-refractivity contribution in [1.82, 2.24) is 5.32 Å². The average Bonchev–Trinajstić information content (AvgIpc) is 3.11. The van der Waals surface area contributed by atoms with Crippen LogP contribution < -0.4 is 5.32 Å². The number of aliphatic hydroxyl groups excluding tert-OH is 1. The first-order valence-electron chi connectivity index (χ1n) is 16.3. The summed E-state index contributed by atoms with van der Waals surface area (Å²) >= 11 is 1.78. The standard InChI is InChI=1S/C39H43NO6S/c41-26-28-15-17-31(18-16-28)36-24-34(27-47-35-11-4-3-5-12-35)45-39(46-36)32-21-19-30(20-22-32)33-10-8-9-29(23-33)25-40-37(42)13-6-1-2-7-14-38(43)44/h3-5,8-12,15-23,34,36,39,41H,1-2,6-7,13-14,24-27H2,(H,40,42)(H,43,44)/t34-,36+,39+/m0/s1. The van der Waals surface area contributed by atoms with Crippen molar-refractivity contribution in [2.75, 3.05) is 5.75 Å². The van der Waals surface area contributed by atoms with Gasteiger partial charge in [0.25, 0.3) is 0 Å². The molecular weight excluding hydrogens is 610 g/mol. The van der Waals surface area contributed by atoms with Gasteiger partial charge in [0, 0.05) is 42.0 Å². The van der Waals surface area contributed by atoms with Crippen LogP contribution in [0, 0.1) is 0 Å². The molecule has 3 N–H and O–H groups in total. The van der Waals surface area contributed by atoms with E-state index in [1.54, 1.807) is 11.8 Å². The Kier molecular flexibility index (Phi) is 13.0. The molecule has 0 bridgehead atoms. The molecule has 0 saturated carbocycles. The van der Waals surface area contributed by atoms with E-state index in [0.29, 0.717) is 19.4 Å². The fourth-order valence-electron chi connectivity index (χ4n) is 5.63. The van der Waals surface area contributed by atoms with Gasteiger partial charge in [0.05, 0.1) is 18.8 Å². The molecule has 246 valence electrons. The van der Waals surface area contributed by atoms with Crippen molar-refractivity contribution < 1.29 is 29.3 Å². The molecule has 1 fully saturated rings. The zero-order chi connectivity index (χ0) is 32.8. The van der Waals surface area contributed by atoms with E-state index in [2.05, 4.69) is 53.8 Å². The molecule has 8 heteroatoms. The molecule has 0 aliphatic carbocycles. The number of nitrogens with one attached hydrogen (secondary N) is 1. The third kappa shape index (κ3) is 10.8. The zero-order valence-electron chi connectivity index (χ0n) is 26.6. The lowest BCUT2D eigenvalue weighted by Gasteiger charge is -2.36. The molecule has 1 aliphatic heterocycles. The van der Waals surface area contributed by atoms with E-state index in [9.17, 15) is 14.7 Å². The topological polar surface area (TPSA) is 105 Å². The van der Waals surface area contributed by atoms with Gasteiger partial charge in [0.15, 0.2) is 6.29 Å². The van der Waals surface area contributed by atoms with Crippen LogP contribution in [0.5, 0.6) is 0 Å². The predicted molar refractivity (Wildman–Crippen MR) is 185 cm³/mol. The van der Waals surface area contributed by atoms with E-state index in [0.717, 1.165) is 64.8 Å². The van der Waals surface area contributed by atoms with E-state index >= 15 is 0 Å². The quantitative estimate of drug-likeness (QED) is 0.0827. The van der Waals surface area contributed by atoms with Crippen LogP contribution in [0.25, 0.3) is 11.1 Å². The molecular formula is C39H43NO6S. The Morgan fingerprint density at radius 3 is 2.19 bits per heavy atom. The summed E-state index contributed by atoms with van der Waals surface area (Å²) in [6.45, 7) is 0.465. The number of carboxylic acid groups (broad SMARTS) is 1. The highest BCUT2D eigenvalue weighted by atomic mass is 32.2. The molecule has 0 radical (unpaired) electrons. The summed E-state index contributed by atoms with van der Waals surface area (Å²) in [5, 5.41) is 21.2. The van der Waals surface area contributed by atoms with Crippen molar-refractivity contribution in [3.05, 3.63) is 125 Å². The van der Waals surface area contributed by atoms with Crippen LogP contribution in [0.3, 0.4) is 0 Å². The number of carboxylic acids is 1. The molecule has 3 atom stereocenters. The van der Waals surface area contributed by atoms with Crippen LogP contribution in [0.4, 0.5) is 0 Å². The van der Waals surface area contributed by atoms with Gasteiger partial charge in [-0.3, -0.25) is 9.59 Å². The lowest BCUT2D eigenvalue weighted by molar-refractivity contribution is -0.245. The number of thioether (sulfide) groups is 1. The summed E-state index contributed by atoms with van der Waals surface area (Å²) in [6, 6.07) is 34.7. The predicted octanol–water partition coefficient (Wildman–Crippen LogP) is 8.23. The summed E-state index contributed by atoms with van der Waals surface area (Å²) in [6.07, 6.45) is 3.81. The van der Waals surface area contributed by atoms with Crippen LogP contribution in [-0.4, -0.2) is 33.9 Å². The number of unbranched alkanes of at least 4 members (excludes halogenated alkanes) is 3. The van der Waals surface area contributed by atoms with E-state index in [4.69, 9.17) is 14.6 Å². The summed E-state index contributed by atoms with van der Waals surface area (Å²) in [7, 11) is 0. The molecule has 1 amide bonds. The van der Waals surface area contributed by atoms with E-state index in [1.165, 1.54) is 4.90 Å². The van der Waals surface area contributed by atoms with Crippen molar-refractivity contribution in [3.63, 3.8) is 0 Å². The third-order valence-corrected chi connectivity index (χ3v) is 9.42. The number of rotatable bonds is 16. The minimum absolute atomic E-state index is 0.00795. The Bertz CT molecular complexity index is 1560. The Labute approximate surface area is 281 Å². The van der Waals surface area contributed by atoms with Gasteiger partial charge >= 0.3 is 5.97 Å². The van der Waals surface area contributed by atoms with Gasteiger partial charge in [0.1, 0.15) is 0 Å². The monoisotopic (exact) mass is 653 g/mol. The molecule has 0 aromatic heterocycles. The number of ether oxygens (including phenoxy) is 2. The van der Waals surface area contributed by atoms with Gasteiger partial charge in [-0.25, -0.2) is 0 Å². The molecule has 0 unspecified atom stereocenters. The number of hydrogen-bond donors (Lipinski definition) is 3. The lowest BCUT2D eigenvalue weighted by atomic mass is 9.99. The normalized spacial score (nSPS) is 17.7. The van der Waals surface area contributed by atoms with E-state index in [1.807, 2.05) is 54.6 Å². The molecule has 4 aromatic carbocycles. The number of aliphatic hydroxyl groups is 1. The molecule has 1 heterocycles. The first kappa shape index (κ1) is 34.4. The number of hydrogen-bond acceptors (Lipinski definition) is 6. The second kappa shape index (κ2) is 17.8. The maximum absolute atomic E-state index is 12.3. The zero-order valence-corrected chi connectivity index (χ0v) is 27.4. The fraction of sp³-hybridized carbons (Fsp3) is 0.333. The SMILES string of the molecule is O=C(O)CCCCCCC(=O)NCc1cccc(-c2ccc([C@@H]3O[C@H](CSc4ccccc4)C[C@H](c4ccc(CO)cc4)O3)cc2)c1. The summed E-state index contributed by atoms with van der Waals surface area (Å²) < 4.78 is 13.1. The molecule has 7 nitrogen and oxygen atoms in total. The van der Waals surface area contributed by atoms with Gasteiger partial charge in [-0.15, -0.1) is 11.8 Å². The Morgan fingerprint density at radius 2 is 1.47 bits per heavy atom. The second-order valence-corrected chi connectivity index (χ2v) is 13.0.